The third kappa shape index (κ3) is 4.40. The van der Waals surface area contributed by atoms with Crippen LogP contribution < -0.4 is 5.32 Å². The van der Waals surface area contributed by atoms with Gasteiger partial charge in [-0.05, 0) is 58.1 Å². The van der Waals surface area contributed by atoms with Crippen LogP contribution in [0.25, 0.3) is 0 Å². The summed E-state index contributed by atoms with van der Waals surface area (Å²) < 4.78 is 7.14. The summed E-state index contributed by atoms with van der Waals surface area (Å²) >= 11 is 1.51. The lowest BCUT2D eigenvalue weighted by molar-refractivity contribution is -0.123. The van der Waals surface area contributed by atoms with E-state index in [0.29, 0.717) is 10.6 Å². The Hall–Kier alpha value is -2.15. The number of fused-ring (bicyclic) bond motifs is 1. The van der Waals surface area contributed by atoms with E-state index in [4.69, 9.17) is 4.74 Å². The first-order valence-electron chi connectivity index (χ1n) is 9.50. The Kier molecular flexibility index (Phi) is 5.99. The van der Waals surface area contributed by atoms with Gasteiger partial charge in [0, 0.05) is 11.9 Å². The average Bonchev–Trinajstić information content (AvgIpc) is 3.10. The molecule has 146 valence electrons. The van der Waals surface area contributed by atoms with Crippen LogP contribution in [0.1, 0.15) is 64.1 Å². The van der Waals surface area contributed by atoms with Gasteiger partial charge in [0.2, 0.25) is 0 Å². The highest BCUT2D eigenvalue weighted by Gasteiger charge is 2.23. The molecular formula is C20H27N3O3S. The third-order valence-electron chi connectivity index (χ3n) is 5.11. The molecule has 0 aromatic carbocycles. The van der Waals surface area contributed by atoms with Crippen LogP contribution in [0.3, 0.4) is 0 Å². The molecule has 0 saturated carbocycles. The van der Waals surface area contributed by atoms with Gasteiger partial charge in [-0.2, -0.15) is 5.10 Å². The standard InChI is InChI=1S/C20H27N3O3S/c1-12-18(13(2)23(4)22-12)21-19(24)14(3)26-20(25)17-11-15-9-7-5-6-8-10-16(15)27-17/h11,14H,5-10H2,1-4H3,(H,21,24)/t14-/m0/s1. The molecule has 0 saturated heterocycles. The largest absolute Gasteiger partial charge is 0.448 e. The van der Waals surface area contributed by atoms with Crippen LogP contribution in [-0.4, -0.2) is 27.8 Å². The quantitative estimate of drug-likeness (QED) is 0.804. The van der Waals surface area contributed by atoms with Crippen molar-refractivity contribution in [3.8, 4) is 0 Å². The van der Waals surface area contributed by atoms with E-state index >= 15 is 0 Å². The summed E-state index contributed by atoms with van der Waals surface area (Å²) in [7, 11) is 1.82. The van der Waals surface area contributed by atoms with Crippen LogP contribution in [-0.2, 0) is 29.4 Å². The normalized spacial score (nSPS) is 15.4. The van der Waals surface area contributed by atoms with Crippen molar-refractivity contribution in [1.82, 2.24) is 9.78 Å². The molecule has 0 bridgehead atoms. The van der Waals surface area contributed by atoms with Gasteiger partial charge < -0.3 is 10.1 Å². The molecule has 2 aromatic heterocycles. The van der Waals surface area contributed by atoms with Crippen LogP contribution >= 0.6 is 11.3 Å². The zero-order chi connectivity index (χ0) is 19.6. The first-order valence-corrected chi connectivity index (χ1v) is 10.3. The van der Waals surface area contributed by atoms with Crippen LogP contribution in [0.5, 0.6) is 0 Å². The van der Waals surface area contributed by atoms with Crippen molar-refractivity contribution in [3.63, 3.8) is 0 Å². The molecule has 1 aliphatic rings. The number of rotatable bonds is 4. The van der Waals surface area contributed by atoms with Gasteiger partial charge in [-0.1, -0.05) is 12.8 Å². The Balaban J connectivity index is 1.65. The molecule has 2 aromatic rings. The molecule has 0 spiro atoms. The number of hydrogen-bond donors (Lipinski definition) is 1. The number of aryl methyl sites for hydroxylation is 4. The second kappa shape index (κ2) is 8.25. The predicted molar refractivity (Wildman–Crippen MR) is 106 cm³/mol. The molecule has 27 heavy (non-hydrogen) atoms. The third-order valence-corrected chi connectivity index (χ3v) is 6.33. The number of thiophene rings is 1. The highest BCUT2D eigenvalue weighted by molar-refractivity contribution is 7.14. The lowest BCUT2D eigenvalue weighted by Gasteiger charge is -2.13. The molecule has 1 atom stereocenters. The molecular weight excluding hydrogens is 362 g/mol. The maximum atomic E-state index is 12.5. The Labute approximate surface area is 163 Å². The van der Waals surface area contributed by atoms with Crippen LogP contribution in [0, 0.1) is 13.8 Å². The Morgan fingerprint density at radius 2 is 1.93 bits per heavy atom. The van der Waals surface area contributed by atoms with Gasteiger partial charge in [-0.25, -0.2) is 4.79 Å². The van der Waals surface area contributed by atoms with E-state index in [1.54, 1.807) is 11.6 Å². The predicted octanol–water partition coefficient (Wildman–Crippen LogP) is 3.94. The van der Waals surface area contributed by atoms with Gasteiger partial charge in [0.1, 0.15) is 4.88 Å². The van der Waals surface area contributed by atoms with E-state index in [9.17, 15) is 9.59 Å². The minimum atomic E-state index is -0.874. The number of carbonyl (C=O) groups excluding carboxylic acids is 2. The zero-order valence-corrected chi connectivity index (χ0v) is 17.2. The Bertz CT molecular complexity index is 828. The molecule has 0 aliphatic heterocycles. The van der Waals surface area contributed by atoms with Crippen molar-refractivity contribution in [2.45, 2.75) is 65.4 Å². The summed E-state index contributed by atoms with van der Waals surface area (Å²) in [6.07, 6.45) is 6.02. The number of hydrogen-bond acceptors (Lipinski definition) is 5. The molecule has 1 aliphatic carbocycles. The topological polar surface area (TPSA) is 73.2 Å². The monoisotopic (exact) mass is 389 g/mol. The van der Waals surface area contributed by atoms with Crippen molar-refractivity contribution in [1.29, 1.82) is 0 Å². The molecule has 1 amide bonds. The number of nitrogens with zero attached hydrogens (tertiary/aromatic N) is 2. The summed E-state index contributed by atoms with van der Waals surface area (Å²) in [5.41, 5.74) is 3.53. The fraction of sp³-hybridized carbons (Fsp3) is 0.550. The van der Waals surface area contributed by atoms with Gasteiger partial charge >= 0.3 is 5.97 Å². The second-order valence-electron chi connectivity index (χ2n) is 7.18. The Morgan fingerprint density at radius 1 is 1.22 bits per heavy atom. The van der Waals surface area contributed by atoms with Gasteiger partial charge in [-0.3, -0.25) is 9.48 Å². The minimum Gasteiger partial charge on any atom is -0.448 e. The summed E-state index contributed by atoms with van der Waals surface area (Å²) in [6, 6.07) is 1.95. The molecule has 0 fully saturated rings. The molecule has 0 unspecified atom stereocenters. The number of anilines is 1. The lowest BCUT2D eigenvalue weighted by Crippen LogP contribution is -2.30. The smallest absolute Gasteiger partial charge is 0.349 e. The van der Waals surface area contributed by atoms with Gasteiger partial charge in [-0.15, -0.1) is 11.3 Å². The second-order valence-corrected chi connectivity index (χ2v) is 8.32. The molecule has 6 nitrogen and oxygen atoms in total. The number of ether oxygens (including phenoxy) is 1. The van der Waals surface area contributed by atoms with Crippen LogP contribution in [0.4, 0.5) is 5.69 Å². The zero-order valence-electron chi connectivity index (χ0n) is 16.4. The van der Waals surface area contributed by atoms with E-state index in [0.717, 1.165) is 24.2 Å². The van der Waals surface area contributed by atoms with Crippen molar-refractivity contribution in [2.75, 3.05) is 5.32 Å². The Morgan fingerprint density at radius 3 is 2.59 bits per heavy atom. The summed E-state index contributed by atoms with van der Waals surface area (Å²) in [6.45, 7) is 5.31. The van der Waals surface area contributed by atoms with Gasteiger partial charge in [0.05, 0.1) is 17.1 Å². The summed E-state index contributed by atoms with van der Waals surface area (Å²) in [5, 5.41) is 7.11. The van der Waals surface area contributed by atoms with Crippen molar-refractivity contribution >= 4 is 28.9 Å². The number of aromatic nitrogens is 2. The fourth-order valence-electron chi connectivity index (χ4n) is 3.40. The first-order chi connectivity index (χ1) is 12.9. The molecule has 0 radical (unpaired) electrons. The van der Waals surface area contributed by atoms with E-state index < -0.39 is 12.1 Å². The first kappa shape index (κ1) is 19.6. The maximum absolute atomic E-state index is 12.5. The summed E-state index contributed by atoms with van der Waals surface area (Å²) in [4.78, 5) is 26.9. The minimum absolute atomic E-state index is 0.350. The summed E-state index contributed by atoms with van der Waals surface area (Å²) in [5.74, 6) is -0.772. The molecule has 1 N–H and O–H groups in total. The van der Waals surface area contributed by atoms with E-state index in [1.165, 1.54) is 47.5 Å². The van der Waals surface area contributed by atoms with Crippen LogP contribution in [0.2, 0.25) is 0 Å². The van der Waals surface area contributed by atoms with E-state index in [-0.39, 0.29) is 5.91 Å². The van der Waals surface area contributed by atoms with Crippen LogP contribution in [0.15, 0.2) is 6.07 Å². The highest BCUT2D eigenvalue weighted by atomic mass is 32.1. The van der Waals surface area contributed by atoms with Gasteiger partial charge in [0.25, 0.3) is 5.91 Å². The fourth-order valence-corrected chi connectivity index (χ4v) is 4.53. The molecule has 3 rings (SSSR count). The van der Waals surface area contributed by atoms with Gasteiger partial charge in [0.15, 0.2) is 6.10 Å². The SMILES string of the molecule is Cc1nn(C)c(C)c1NC(=O)[C@H](C)OC(=O)c1cc2c(s1)CCCCCC2. The maximum Gasteiger partial charge on any atom is 0.349 e. The van der Waals surface area contributed by atoms with Crippen molar-refractivity contribution < 1.29 is 14.3 Å². The molecule has 2 heterocycles. The van der Waals surface area contributed by atoms with E-state index in [1.807, 2.05) is 27.0 Å². The average molecular weight is 390 g/mol. The number of esters is 1. The number of nitrogens with one attached hydrogen (secondary N) is 1. The lowest BCUT2D eigenvalue weighted by atomic mass is 10.00. The van der Waals surface area contributed by atoms with Crippen molar-refractivity contribution in [3.05, 3.63) is 32.8 Å². The molecule has 7 heteroatoms. The number of amides is 1. The highest BCUT2D eigenvalue weighted by Crippen LogP contribution is 2.29. The number of carbonyl (C=O) groups is 2. The van der Waals surface area contributed by atoms with Crippen molar-refractivity contribution in [2.24, 2.45) is 7.05 Å². The van der Waals surface area contributed by atoms with E-state index in [2.05, 4.69) is 10.4 Å².